The molecule has 0 aromatic heterocycles. The number of carbonyl (C=O) groups is 1. The van der Waals surface area contributed by atoms with Crippen LogP contribution in [0.4, 0.5) is 0 Å². The van der Waals surface area contributed by atoms with Crippen LogP contribution in [0.3, 0.4) is 0 Å². The van der Waals surface area contributed by atoms with E-state index in [-0.39, 0.29) is 17.6 Å². The van der Waals surface area contributed by atoms with Gasteiger partial charge < -0.3 is 10.2 Å². The van der Waals surface area contributed by atoms with Crippen LogP contribution in [0.5, 0.6) is 5.75 Å². The quantitative estimate of drug-likeness (QED) is 0.723. The van der Waals surface area contributed by atoms with Crippen molar-refractivity contribution < 1.29 is 19.8 Å². The van der Waals surface area contributed by atoms with E-state index in [9.17, 15) is 15.0 Å². The van der Waals surface area contributed by atoms with Gasteiger partial charge in [0.1, 0.15) is 5.75 Å². The number of phenolic OH excluding ortho intramolecular Hbond substituents is 1. The van der Waals surface area contributed by atoms with Gasteiger partial charge >= 0.3 is 0 Å². The summed E-state index contributed by atoms with van der Waals surface area (Å²) < 4.78 is 0. The van der Waals surface area contributed by atoms with Gasteiger partial charge in [0, 0.05) is 7.05 Å². The molecule has 0 saturated heterocycles. The SMILES string of the molecule is CON(C)C(=O)[C@H](C)[C@H](O)[C@@H](C)CCCc1cccc(O)c1. The molecule has 1 amide bonds. The Morgan fingerprint density at radius 3 is 2.64 bits per heavy atom. The number of amides is 1. The Morgan fingerprint density at radius 2 is 2.05 bits per heavy atom. The van der Waals surface area contributed by atoms with E-state index in [4.69, 9.17) is 4.84 Å². The van der Waals surface area contributed by atoms with Gasteiger partial charge in [0.25, 0.3) is 5.91 Å². The van der Waals surface area contributed by atoms with Gasteiger partial charge in [-0.1, -0.05) is 26.0 Å². The summed E-state index contributed by atoms with van der Waals surface area (Å²) in [5.74, 6) is -0.440. The van der Waals surface area contributed by atoms with Crippen molar-refractivity contribution >= 4 is 5.91 Å². The fourth-order valence-corrected chi connectivity index (χ4v) is 2.53. The number of nitrogens with zero attached hydrogens (tertiary/aromatic N) is 1. The molecular weight excluding hydrogens is 282 g/mol. The average Bonchev–Trinajstić information content (AvgIpc) is 2.51. The van der Waals surface area contributed by atoms with Crippen LogP contribution in [-0.2, 0) is 16.1 Å². The van der Waals surface area contributed by atoms with E-state index < -0.39 is 12.0 Å². The van der Waals surface area contributed by atoms with Crippen molar-refractivity contribution in [3.8, 4) is 5.75 Å². The second kappa shape index (κ2) is 8.76. The van der Waals surface area contributed by atoms with Crippen molar-refractivity contribution in [2.45, 2.75) is 39.2 Å². The molecule has 3 atom stereocenters. The Balaban J connectivity index is 2.44. The summed E-state index contributed by atoms with van der Waals surface area (Å²) in [6.07, 6.45) is 1.84. The topological polar surface area (TPSA) is 70.0 Å². The first-order valence-corrected chi connectivity index (χ1v) is 7.64. The summed E-state index contributed by atoms with van der Waals surface area (Å²) in [6, 6.07) is 7.20. The van der Waals surface area contributed by atoms with Gasteiger partial charge in [-0.3, -0.25) is 9.63 Å². The number of hydrogen-bond acceptors (Lipinski definition) is 4. The van der Waals surface area contributed by atoms with Crippen LogP contribution in [-0.4, -0.2) is 41.4 Å². The lowest BCUT2D eigenvalue weighted by atomic mass is 9.88. The lowest BCUT2D eigenvalue weighted by Crippen LogP contribution is -2.39. The molecule has 5 nitrogen and oxygen atoms in total. The molecule has 0 aliphatic carbocycles. The molecule has 0 radical (unpaired) electrons. The van der Waals surface area contributed by atoms with E-state index in [1.165, 1.54) is 14.2 Å². The highest BCUT2D eigenvalue weighted by Crippen LogP contribution is 2.21. The van der Waals surface area contributed by atoms with Crippen molar-refractivity contribution in [2.24, 2.45) is 11.8 Å². The minimum absolute atomic E-state index is 0.0153. The predicted octanol–water partition coefficient (Wildman–Crippen LogP) is 2.37. The standard InChI is InChI=1S/C17H27NO4/c1-12(16(20)13(2)17(21)18(3)22-4)7-5-8-14-9-6-10-15(19)11-14/h6,9-13,16,19-20H,5,7-8H2,1-4H3/t12-,13+,16+/m0/s1. The molecule has 0 saturated carbocycles. The maximum absolute atomic E-state index is 12.0. The first-order valence-electron chi connectivity index (χ1n) is 7.64. The number of rotatable bonds is 8. The third-order valence-electron chi connectivity index (χ3n) is 4.10. The Morgan fingerprint density at radius 1 is 1.36 bits per heavy atom. The Labute approximate surface area is 132 Å². The second-order valence-electron chi connectivity index (χ2n) is 5.84. The zero-order valence-corrected chi connectivity index (χ0v) is 13.8. The molecule has 0 aliphatic rings. The number of carbonyl (C=O) groups excluding carboxylic acids is 1. The molecule has 2 N–H and O–H groups in total. The molecule has 1 rings (SSSR count). The van der Waals surface area contributed by atoms with Gasteiger partial charge in [-0.05, 0) is 42.9 Å². The monoisotopic (exact) mass is 309 g/mol. The number of hydrogen-bond donors (Lipinski definition) is 2. The molecule has 1 aromatic carbocycles. The van der Waals surface area contributed by atoms with E-state index in [0.717, 1.165) is 29.9 Å². The number of benzene rings is 1. The largest absolute Gasteiger partial charge is 0.508 e. The molecule has 124 valence electrons. The van der Waals surface area contributed by atoms with E-state index >= 15 is 0 Å². The van der Waals surface area contributed by atoms with Crippen molar-refractivity contribution in [3.05, 3.63) is 29.8 Å². The minimum Gasteiger partial charge on any atom is -0.508 e. The normalized spacial score (nSPS) is 15.1. The molecule has 5 heteroatoms. The van der Waals surface area contributed by atoms with Gasteiger partial charge in [-0.2, -0.15) is 0 Å². The summed E-state index contributed by atoms with van der Waals surface area (Å²) in [7, 11) is 2.97. The highest BCUT2D eigenvalue weighted by Gasteiger charge is 2.28. The molecule has 0 bridgehead atoms. The van der Waals surface area contributed by atoms with Gasteiger partial charge in [-0.15, -0.1) is 0 Å². The number of phenols is 1. The third-order valence-corrected chi connectivity index (χ3v) is 4.10. The van der Waals surface area contributed by atoms with Gasteiger partial charge in [0.15, 0.2) is 0 Å². The fraction of sp³-hybridized carbons (Fsp3) is 0.588. The van der Waals surface area contributed by atoms with Crippen molar-refractivity contribution in [2.75, 3.05) is 14.2 Å². The van der Waals surface area contributed by atoms with Crippen LogP contribution in [0.15, 0.2) is 24.3 Å². The number of hydroxylamine groups is 2. The summed E-state index contributed by atoms with van der Waals surface area (Å²) in [5, 5.41) is 20.9. The summed E-state index contributed by atoms with van der Waals surface area (Å²) in [5.41, 5.74) is 1.07. The lowest BCUT2D eigenvalue weighted by molar-refractivity contribution is -0.177. The first kappa shape index (κ1) is 18.5. The smallest absolute Gasteiger partial charge is 0.251 e. The van der Waals surface area contributed by atoms with E-state index in [2.05, 4.69) is 0 Å². The van der Waals surface area contributed by atoms with Crippen molar-refractivity contribution in [1.29, 1.82) is 0 Å². The Hall–Kier alpha value is -1.59. The summed E-state index contributed by atoms with van der Waals surface area (Å²) >= 11 is 0. The highest BCUT2D eigenvalue weighted by atomic mass is 16.7. The Kier molecular flexibility index (Phi) is 7.35. The predicted molar refractivity (Wildman–Crippen MR) is 85.2 cm³/mol. The molecule has 0 fully saturated rings. The van der Waals surface area contributed by atoms with Crippen LogP contribution in [0, 0.1) is 11.8 Å². The third kappa shape index (κ3) is 5.31. The fourth-order valence-electron chi connectivity index (χ4n) is 2.53. The van der Waals surface area contributed by atoms with Crippen LogP contribution < -0.4 is 0 Å². The maximum Gasteiger partial charge on any atom is 0.251 e. The average molecular weight is 309 g/mol. The van der Waals surface area contributed by atoms with Crippen LogP contribution in [0.25, 0.3) is 0 Å². The molecule has 0 heterocycles. The molecule has 0 aliphatic heterocycles. The number of aliphatic hydroxyl groups excluding tert-OH is 1. The second-order valence-corrected chi connectivity index (χ2v) is 5.84. The van der Waals surface area contributed by atoms with Gasteiger partial charge in [0.2, 0.25) is 0 Å². The number of aromatic hydroxyl groups is 1. The van der Waals surface area contributed by atoms with Crippen molar-refractivity contribution in [3.63, 3.8) is 0 Å². The molecule has 0 spiro atoms. The van der Waals surface area contributed by atoms with Gasteiger partial charge in [-0.25, -0.2) is 5.06 Å². The molecule has 0 unspecified atom stereocenters. The Bertz CT molecular complexity index is 477. The summed E-state index contributed by atoms with van der Waals surface area (Å²) in [6.45, 7) is 3.66. The summed E-state index contributed by atoms with van der Waals surface area (Å²) in [4.78, 5) is 16.8. The molecule has 22 heavy (non-hydrogen) atoms. The van der Waals surface area contributed by atoms with Crippen LogP contribution >= 0.6 is 0 Å². The zero-order chi connectivity index (χ0) is 16.7. The molecular formula is C17H27NO4. The van der Waals surface area contributed by atoms with Crippen LogP contribution in [0.2, 0.25) is 0 Å². The maximum atomic E-state index is 12.0. The van der Waals surface area contributed by atoms with E-state index in [1.807, 2.05) is 19.1 Å². The van der Waals surface area contributed by atoms with E-state index in [0.29, 0.717) is 0 Å². The number of aryl methyl sites for hydroxylation is 1. The minimum atomic E-state index is -0.700. The zero-order valence-electron chi connectivity index (χ0n) is 13.8. The van der Waals surface area contributed by atoms with Crippen molar-refractivity contribution in [1.82, 2.24) is 5.06 Å². The first-order chi connectivity index (χ1) is 10.4. The van der Waals surface area contributed by atoms with Crippen LogP contribution in [0.1, 0.15) is 32.3 Å². The highest BCUT2D eigenvalue weighted by molar-refractivity contribution is 5.77. The van der Waals surface area contributed by atoms with Gasteiger partial charge in [0.05, 0.1) is 19.1 Å². The number of aliphatic hydroxyl groups is 1. The molecule has 1 aromatic rings. The lowest BCUT2D eigenvalue weighted by Gasteiger charge is -2.26. The van der Waals surface area contributed by atoms with E-state index in [1.54, 1.807) is 19.1 Å².